The summed E-state index contributed by atoms with van der Waals surface area (Å²) in [5.41, 5.74) is 0.592. The number of methoxy groups -OCH3 is 2. The number of ketones is 2. The van der Waals surface area contributed by atoms with Gasteiger partial charge >= 0.3 is 0 Å². The summed E-state index contributed by atoms with van der Waals surface area (Å²) in [5.74, 6) is -0.0568. The first-order valence-corrected chi connectivity index (χ1v) is 7.18. The SMILES string of the molecule is COCOc1ccc(C(=O)C(=O)c2ccc(OCOC)cc2)cc1. The molecule has 0 heterocycles. The molecular formula is C18H18O6. The van der Waals surface area contributed by atoms with Crippen molar-refractivity contribution in [3.05, 3.63) is 59.7 Å². The Labute approximate surface area is 139 Å². The monoisotopic (exact) mass is 330 g/mol. The van der Waals surface area contributed by atoms with Crippen LogP contribution in [0.1, 0.15) is 20.7 Å². The Morgan fingerprint density at radius 1 is 0.667 bits per heavy atom. The second kappa shape index (κ2) is 8.81. The fraction of sp³-hybridized carbons (Fsp3) is 0.222. The van der Waals surface area contributed by atoms with E-state index in [0.29, 0.717) is 22.6 Å². The predicted molar refractivity (Wildman–Crippen MR) is 86.6 cm³/mol. The van der Waals surface area contributed by atoms with E-state index in [1.54, 1.807) is 48.5 Å². The van der Waals surface area contributed by atoms with Crippen LogP contribution in [0.5, 0.6) is 11.5 Å². The minimum absolute atomic E-state index is 0.115. The lowest BCUT2D eigenvalue weighted by molar-refractivity contribution is 0.0509. The van der Waals surface area contributed by atoms with E-state index >= 15 is 0 Å². The molecule has 0 spiro atoms. The maximum atomic E-state index is 12.3. The van der Waals surface area contributed by atoms with E-state index < -0.39 is 11.6 Å². The third-order valence-corrected chi connectivity index (χ3v) is 3.13. The van der Waals surface area contributed by atoms with Gasteiger partial charge in [-0.05, 0) is 48.5 Å². The van der Waals surface area contributed by atoms with E-state index in [2.05, 4.69) is 0 Å². The number of ether oxygens (including phenoxy) is 4. The molecule has 2 rings (SSSR count). The first kappa shape index (κ1) is 17.7. The zero-order valence-corrected chi connectivity index (χ0v) is 13.5. The normalized spacial score (nSPS) is 10.2. The Balaban J connectivity index is 2.04. The van der Waals surface area contributed by atoms with Gasteiger partial charge in [0.1, 0.15) is 11.5 Å². The molecule has 0 aliphatic carbocycles. The molecule has 0 aromatic heterocycles. The second-order valence-corrected chi connectivity index (χ2v) is 4.81. The fourth-order valence-corrected chi connectivity index (χ4v) is 1.92. The highest BCUT2D eigenvalue weighted by Crippen LogP contribution is 2.16. The Kier molecular flexibility index (Phi) is 6.48. The smallest absolute Gasteiger partial charge is 0.233 e. The topological polar surface area (TPSA) is 71.1 Å². The van der Waals surface area contributed by atoms with Crippen molar-refractivity contribution in [2.45, 2.75) is 0 Å². The van der Waals surface area contributed by atoms with Crippen molar-refractivity contribution < 1.29 is 28.5 Å². The summed E-state index contributed by atoms with van der Waals surface area (Å²) >= 11 is 0. The van der Waals surface area contributed by atoms with Crippen LogP contribution in [0, 0.1) is 0 Å². The van der Waals surface area contributed by atoms with E-state index in [0.717, 1.165) is 0 Å². The highest BCUT2D eigenvalue weighted by molar-refractivity contribution is 6.49. The highest BCUT2D eigenvalue weighted by atomic mass is 16.7. The zero-order valence-electron chi connectivity index (χ0n) is 13.5. The van der Waals surface area contributed by atoms with Gasteiger partial charge in [-0.3, -0.25) is 9.59 Å². The molecule has 0 atom stereocenters. The van der Waals surface area contributed by atoms with E-state index in [1.165, 1.54) is 14.2 Å². The molecule has 0 fully saturated rings. The van der Waals surface area contributed by atoms with Gasteiger partial charge in [0.25, 0.3) is 0 Å². The van der Waals surface area contributed by atoms with Crippen LogP contribution < -0.4 is 9.47 Å². The first-order chi connectivity index (χ1) is 11.7. The molecule has 0 aliphatic rings. The van der Waals surface area contributed by atoms with Crippen molar-refractivity contribution in [3.63, 3.8) is 0 Å². The van der Waals surface area contributed by atoms with Crippen LogP contribution in [-0.2, 0) is 9.47 Å². The van der Waals surface area contributed by atoms with Crippen molar-refractivity contribution in [3.8, 4) is 11.5 Å². The molecule has 0 amide bonds. The molecule has 24 heavy (non-hydrogen) atoms. The third-order valence-electron chi connectivity index (χ3n) is 3.13. The van der Waals surface area contributed by atoms with Gasteiger partial charge in [0.15, 0.2) is 13.6 Å². The number of carbonyl (C=O) groups excluding carboxylic acids is 2. The highest BCUT2D eigenvalue weighted by Gasteiger charge is 2.18. The van der Waals surface area contributed by atoms with Gasteiger partial charge in [0.05, 0.1) is 0 Å². The molecule has 6 heteroatoms. The van der Waals surface area contributed by atoms with Crippen LogP contribution in [-0.4, -0.2) is 39.4 Å². The fourth-order valence-electron chi connectivity index (χ4n) is 1.92. The van der Waals surface area contributed by atoms with Gasteiger partial charge in [-0.15, -0.1) is 0 Å². The van der Waals surface area contributed by atoms with Crippen molar-refractivity contribution in [2.24, 2.45) is 0 Å². The van der Waals surface area contributed by atoms with Crippen molar-refractivity contribution in [1.29, 1.82) is 0 Å². The van der Waals surface area contributed by atoms with E-state index in [4.69, 9.17) is 18.9 Å². The van der Waals surface area contributed by atoms with Crippen LogP contribution in [0.3, 0.4) is 0 Å². The average molecular weight is 330 g/mol. The van der Waals surface area contributed by atoms with E-state index in [1.807, 2.05) is 0 Å². The Bertz CT molecular complexity index is 614. The maximum absolute atomic E-state index is 12.3. The van der Waals surface area contributed by atoms with Crippen LogP contribution >= 0.6 is 0 Å². The number of hydrogen-bond acceptors (Lipinski definition) is 6. The molecule has 0 N–H and O–H groups in total. The summed E-state index contributed by atoms with van der Waals surface area (Å²) in [6, 6.07) is 12.6. The minimum Gasteiger partial charge on any atom is -0.468 e. The summed E-state index contributed by atoms with van der Waals surface area (Å²) in [6.07, 6.45) is 0. The largest absolute Gasteiger partial charge is 0.468 e. The van der Waals surface area contributed by atoms with Crippen LogP contribution in [0.15, 0.2) is 48.5 Å². The summed E-state index contributed by atoms with van der Waals surface area (Å²) < 4.78 is 20.1. The van der Waals surface area contributed by atoms with Gasteiger partial charge in [-0.25, -0.2) is 0 Å². The third kappa shape index (κ3) is 4.65. The molecule has 0 aliphatic heterocycles. The molecule has 0 unspecified atom stereocenters. The molecule has 0 radical (unpaired) electrons. The van der Waals surface area contributed by atoms with Crippen LogP contribution in [0.25, 0.3) is 0 Å². The van der Waals surface area contributed by atoms with Crippen molar-refractivity contribution in [2.75, 3.05) is 27.8 Å². The molecule has 2 aromatic carbocycles. The number of hydrogen-bond donors (Lipinski definition) is 0. The summed E-state index contributed by atoms with van der Waals surface area (Å²) in [7, 11) is 3.03. The van der Waals surface area contributed by atoms with Gasteiger partial charge in [0.2, 0.25) is 11.6 Å². The summed E-state index contributed by atoms with van der Waals surface area (Å²) in [6.45, 7) is 0.230. The molecule has 0 saturated heterocycles. The molecule has 0 bridgehead atoms. The van der Waals surface area contributed by atoms with Crippen molar-refractivity contribution in [1.82, 2.24) is 0 Å². The number of Topliss-reactive ketones (excluding diaryl/α,β-unsaturated/α-hetero) is 2. The van der Waals surface area contributed by atoms with Gasteiger partial charge in [0, 0.05) is 25.3 Å². The Morgan fingerprint density at radius 3 is 1.29 bits per heavy atom. The van der Waals surface area contributed by atoms with Crippen molar-refractivity contribution >= 4 is 11.6 Å². The molecular weight excluding hydrogens is 312 g/mol. The van der Waals surface area contributed by atoms with E-state index in [-0.39, 0.29) is 13.6 Å². The van der Waals surface area contributed by atoms with Gasteiger partial charge < -0.3 is 18.9 Å². The summed E-state index contributed by atoms with van der Waals surface area (Å²) in [5, 5.41) is 0. The average Bonchev–Trinajstić information content (AvgIpc) is 2.64. The zero-order chi connectivity index (χ0) is 17.4. The van der Waals surface area contributed by atoms with Crippen LogP contribution in [0.4, 0.5) is 0 Å². The minimum atomic E-state index is -0.584. The lowest BCUT2D eigenvalue weighted by atomic mass is 10.0. The lowest BCUT2D eigenvalue weighted by Crippen LogP contribution is -2.14. The number of carbonyl (C=O) groups is 2. The van der Waals surface area contributed by atoms with E-state index in [9.17, 15) is 9.59 Å². The van der Waals surface area contributed by atoms with Gasteiger partial charge in [-0.2, -0.15) is 0 Å². The second-order valence-electron chi connectivity index (χ2n) is 4.81. The molecule has 126 valence electrons. The Morgan fingerprint density at radius 2 is 1.00 bits per heavy atom. The van der Waals surface area contributed by atoms with Gasteiger partial charge in [-0.1, -0.05) is 0 Å². The lowest BCUT2D eigenvalue weighted by Gasteiger charge is -2.06. The standard InChI is InChI=1S/C18H18O6/c1-21-11-23-15-7-3-13(4-8-15)17(19)18(20)14-5-9-16(10-6-14)24-12-22-2/h3-10H,11-12H2,1-2H3. The molecule has 6 nitrogen and oxygen atoms in total. The number of rotatable bonds is 9. The maximum Gasteiger partial charge on any atom is 0.233 e. The van der Waals surface area contributed by atoms with Crippen LogP contribution in [0.2, 0.25) is 0 Å². The number of benzene rings is 2. The molecule has 0 saturated carbocycles. The predicted octanol–water partition coefficient (Wildman–Crippen LogP) is 2.72. The quantitative estimate of drug-likeness (QED) is 0.400. The molecule has 2 aromatic rings. The Hall–Kier alpha value is -2.70. The first-order valence-electron chi connectivity index (χ1n) is 7.18. The summed E-state index contributed by atoms with van der Waals surface area (Å²) in [4.78, 5) is 24.5.